The van der Waals surface area contributed by atoms with E-state index in [1.807, 2.05) is 44.2 Å². The van der Waals surface area contributed by atoms with Crippen LogP contribution in [0.25, 0.3) is 0 Å². The molecular formula is C20H25N3O5. The Balaban J connectivity index is 1.87. The Kier molecular flexibility index (Phi) is 7.74. The molecule has 1 heterocycles. The van der Waals surface area contributed by atoms with Crippen molar-refractivity contribution in [3.05, 3.63) is 53.9 Å². The van der Waals surface area contributed by atoms with E-state index < -0.39 is 30.5 Å². The van der Waals surface area contributed by atoms with Gasteiger partial charge in [-0.2, -0.15) is 5.10 Å². The number of methoxy groups -OCH3 is 1. The van der Waals surface area contributed by atoms with Gasteiger partial charge < -0.3 is 14.8 Å². The van der Waals surface area contributed by atoms with Gasteiger partial charge in [0.2, 0.25) is 0 Å². The van der Waals surface area contributed by atoms with Crippen molar-refractivity contribution in [1.29, 1.82) is 0 Å². The third-order valence-corrected chi connectivity index (χ3v) is 4.38. The summed E-state index contributed by atoms with van der Waals surface area (Å²) in [6, 6.07) is 8.90. The Bertz CT molecular complexity index is 803. The molecule has 1 amide bonds. The van der Waals surface area contributed by atoms with Crippen LogP contribution < -0.4 is 5.32 Å². The van der Waals surface area contributed by atoms with Gasteiger partial charge in [-0.05, 0) is 11.5 Å². The van der Waals surface area contributed by atoms with Crippen LogP contribution in [0.4, 0.5) is 0 Å². The molecule has 2 rings (SSSR count). The van der Waals surface area contributed by atoms with Crippen molar-refractivity contribution in [1.82, 2.24) is 15.1 Å². The summed E-state index contributed by atoms with van der Waals surface area (Å²) in [5, 5.41) is 6.68. The fourth-order valence-electron chi connectivity index (χ4n) is 2.55. The van der Waals surface area contributed by atoms with Gasteiger partial charge in [0.1, 0.15) is 6.04 Å². The summed E-state index contributed by atoms with van der Waals surface area (Å²) in [6.07, 6.45) is 3.63. The highest BCUT2D eigenvalue weighted by Gasteiger charge is 2.27. The quantitative estimate of drug-likeness (QED) is 0.659. The molecule has 0 bridgehead atoms. The zero-order valence-electron chi connectivity index (χ0n) is 16.3. The molecule has 150 valence electrons. The minimum atomic E-state index is -0.783. The molecular weight excluding hydrogens is 362 g/mol. The van der Waals surface area contributed by atoms with Crippen LogP contribution in [-0.4, -0.2) is 47.4 Å². The van der Waals surface area contributed by atoms with Crippen molar-refractivity contribution in [3.8, 4) is 0 Å². The number of benzene rings is 1. The number of amides is 1. The fraction of sp³-hybridized carbons (Fsp3) is 0.400. The zero-order chi connectivity index (χ0) is 20.5. The molecule has 0 aliphatic rings. The monoisotopic (exact) mass is 387 g/mol. The van der Waals surface area contributed by atoms with Crippen molar-refractivity contribution < 1.29 is 23.9 Å². The highest BCUT2D eigenvalue weighted by molar-refractivity contribution is 5.91. The van der Waals surface area contributed by atoms with Crippen LogP contribution in [0.2, 0.25) is 0 Å². The smallest absolute Gasteiger partial charge is 0.341 e. The summed E-state index contributed by atoms with van der Waals surface area (Å²) in [5.41, 5.74) is 1.29. The molecule has 8 heteroatoms. The predicted molar refractivity (Wildman–Crippen MR) is 101 cm³/mol. The first kappa shape index (κ1) is 21.1. The summed E-state index contributed by atoms with van der Waals surface area (Å²) in [6.45, 7) is 3.76. The standard InChI is InChI=1S/C20H25N3O5/c1-4-14(2)18(20(26)27-3)22-17(24)13-28-19(25)16-10-21-23(12-16)11-15-8-6-5-7-9-15/h5-10,12,14,18H,4,11,13H2,1-3H3,(H,22,24). The van der Waals surface area contributed by atoms with Crippen molar-refractivity contribution in [2.45, 2.75) is 32.9 Å². The Morgan fingerprint density at radius 3 is 2.57 bits per heavy atom. The minimum absolute atomic E-state index is 0.108. The van der Waals surface area contributed by atoms with Gasteiger partial charge in [0.25, 0.3) is 5.91 Å². The van der Waals surface area contributed by atoms with Gasteiger partial charge in [0.05, 0.1) is 25.4 Å². The zero-order valence-corrected chi connectivity index (χ0v) is 16.3. The van der Waals surface area contributed by atoms with E-state index in [-0.39, 0.29) is 11.5 Å². The molecule has 28 heavy (non-hydrogen) atoms. The molecule has 0 fully saturated rings. The van der Waals surface area contributed by atoms with Gasteiger partial charge in [-0.15, -0.1) is 0 Å². The lowest BCUT2D eigenvalue weighted by molar-refractivity contribution is -0.147. The van der Waals surface area contributed by atoms with Crippen LogP contribution in [0.15, 0.2) is 42.7 Å². The molecule has 0 saturated carbocycles. The van der Waals surface area contributed by atoms with Gasteiger partial charge in [-0.25, -0.2) is 9.59 Å². The molecule has 0 radical (unpaired) electrons. The average molecular weight is 387 g/mol. The molecule has 0 aliphatic carbocycles. The highest BCUT2D eigenvalue weighted by Crippen LogP contribution is 2.09. The summed E-state index contributed by atoms with van der Waals surface area (Å²) in [5.74, 6) is -1.87. The number of esters is 2. The lowest BCUT2D eigenvalue weighted by atomic mass is 9.99. The van der Waals surface area contributed by atoms with Gasteiger partial charge in [0.15, 0.2) is 6.61 Å². The molecule has 1 aromatic heterocycles. The van der Waals surface area contributed by atoms with Gasteiger partial charge in [-0.1, -0.05) is 50.6 Å². The Morgan fingerprint density at radius 1 is 1.21 bits per heavy atom. The van der Waals surface area contributed by atoms with Crippen LogP contribution >= 0.6 is 0 Å². The van der Waals surface area contributed by atoms with Crippen LogP contribution in [0.3, 0.4) is 0 Å². The molecule has 2 unspecified atom stereocenters. The molecule has 8 nitrogen and oxygen atoms in total. The second-order valence-electron chi connectivity index (χ2n) is 6.44. The number of hydrogen-bond donors (Lipinski definition) is 1. The van der Waals surface area contributed by atoms with E-state index in [1.54, 1.807) is 10.9 Å². The van der Waals surface area contributed by atoms with Crippen molar-refractivity contribution >= 4 is 17.8 Å². The number of nitrogens with zero attached hydrogens (tertiary/aromatic N) is 2. The normalized spacial score (nSPS) is 12.7. The van der Waals surface area contributed by atoms with Crippen LogP contribution in [0.1, 0.15) is 36.2 Å². The molecule has 1 aromatic carbocycles. The maximum atomic E-state index is 12.1. The fourth-order valence-corrected chi connectivity index (χ4v) is 2.55. The van der Waals surface area contributed by atoms with Crippen molar-refractivity contribution in [2.75, 3.05) is 13.7 Å². The van der Waals surface area contributed by atoms with Crippen molar-refractivity contribution in [3.63, 3.8) is 0 Å². The number of aromatic nitrogens is 2. The summed E-state index contributed by atoms with van der Waals surface area (Å²) in [7, 11) is 1.26. The Morgan fingerprint density at radius 2 is 1.93 bits per heavy atom. The van der Waals surface area contributed by atoms with E-state index in [0.717, 1.165) is 5.56 Å². The minimum Gasteiger partial charge on any atom is -0.467 e. The molecule has 2 aromatic rings. The molecule has 1 N–H and O–H groups in total. The van der Waals surface area contributed by atoms with Crippen LogP contribution in [0.5, 0.6) is 0 Å². The SMILES string of the molecule is CCC(C)C(NC(=O)COC(=O)c1cnn(Cc2ccccc2)c1)C(=O)OC. The van der Waals surface area contributed by atoms with E-state index in [2.05, 4.69) is 10.4 Å². The van der Waals surface area contributed by atoms with E-state index in [0.29, 0.717) is 13.0 Å². The summed E-state index contributed by atoms with van der Waals surface area (Å²) < 4.78 is 11.3. The van der Waals surface area contributed by atoms with E-state index >= 15 is 0 Å². The molecule has 0 spiro atoms. The van der Waals surface area contributed by atoms with Gasteiger partial charge >= 0.3 is 11.9 Å². The van der Waals surface area contributed by atoms with Crippen LogP contribution in [-0.2, 0) is 25.6 Å². The number of carbonyl (C=O) groups excluding carboxylic acids is 3. The van der Waals surface area contributed by atoms with Crippen molar-refractivity contribution in [2.24, 2.45) is 5.92 Å². The Hall–Kier alpha value is -3.16. The summed E-state index contributed by atoms with van der Waals surface area (Å²) in [4.78, 5) is 36.0. The number of rotatable bonds is 9. The molecule has 2 atom stereocenters. The number of nitrogens with one attached hydrogen (secondary N) is 1. The lowest BCUT2D eigenvalue weighted by Gasteiger charge is -2.21. The van der Waals surface area contributed by atoms with E-state index in [1.165, 1.54) is 13.3 Å². The van der Waals surface area contributed by atoms with E-state index in [9.17, 15) is 14.4 Å². The third-order valence-electron chi connectivity index (χ3n) is 4.38. The first-order chi connectivity index (χ1) is 13.4. The average Bonchev–Trinajstić information content (AvgIpc) is 3.18. The predicted octanol–water partition coefficient (Wildman–Crippen LogP) is 1.79. The van der Waals surface area contributed by atoms with Gasteiger partial charge in [0, 0.05) is 6.20 Å². The lowest BCUT2D eigenvalue weighted by Crippen LogP contribution is -2.47. The first-order valence-corrected chi connectivity index (χ1v) is 9.05. The Labute approximate surface area is 163 Å². The largest absolute Gasteiger partial charge is 0.467 e. The maximum Gasteiger partial charge on any atom is 0.341 e. The van der Waals surface area contributed by atoms with E-state index in [4.69, 9.17) is 9.47 Å². The second kappa shape index (κ2) is 10.2. The molecule has 0 saturated heterocycles. The van der Waals surface area contributed by atoms with Crippen LogP contribution in [0, 0.1) is 5.92 Å². The third kappa shape index (κ3) is 5.94. The number of hydrogen-bond acceptors (Lipinski definition) is 6. The summed E-state index contributed by atoms with van der Waals surface area (Å²) >= 11 is 0. The highest BCUT2D eigenvalue weighted by atomic mass is 16.5. The molecule has 0 aliphatic heterocycles. The number of ether oxygens (including phenoxy) is 2. The topological polar surface area (TPSA) is 99.5 Å². The second-order valence-corrected chi connectivity index (χ2v) is 6.44. The first-order valence-electron chi connectivity index (χ1n) is 9.05. The van der Waals surface area contributed by atoms with Gasteiger partial charge in [-0.3, -0.25) is 9.48 Å². The maximum absolute atomic E-state index is 12.1. The number of carbonyl (C=O) groups is 3.